The number of halogens is 2. The molecule has 0 atom stereocenters. The summed E-state index contributed by atoms with van der Waals surface area (Å²) in [6, 6.07) is 6.69. The first-order valence-corrected chi connectivity index (χ1v) is 6.88. The number of hydrogen-bond donors (Lipinski definition) is 0. The maximum atomic E-state index is 10.8. The zero-order valence-corrected chi connectivity index (χ0v) is 11.4. The fourth-order valence-electron chi connectivity index (χ4n) is 1.16. The van der Waals surface area contributed by atoms with Gasteiger partial charge in [-0.1, -0.05) is 41.0 Å². The Morgan fingerprint density at radius 2 is 2.06 bits per heavy atom. The first kappa shape index (κ1) is 12.7. The van der Waals surface area contributed by atoms with E-state index in [1.807, 2.05) is 0 Å². The van der Waals surface area contributed by atoms with Gasteiger partial charge in [-0.15, -0.1) is 11.3 Å². The van der Waals surface area contributed by atoms with Gasteiger partial charge in [0.2, 0.25) is 0 Å². The van der Waals surface area contributed by atoms with Crippen LogP contribution in [0.5, 0.6) is 0 Å². The van der Waals surface area contributed by atoms with Crippen LogP contribution in [-0.2, 0) is 0 Å². The molecule has 0 bridgehead atoms. The molecule has 0 amide bonds. The highest BCUT2D eigenvalue weighted by atomic mass is 35.5. The molecule has 17 heavy (non-hydrogen) atoms. The van der Waals surface area contributed by atoms with Crippen molar-refractivity contribution < 1.29 is 4.92 Å². The molecule has 1 heterocycles. The van der Waals surface area contributed by atoms with Crippen LogP contribution >= 0.6 is 46.3 Å². The minimum atomic E-state index is -0.405. The predicted molar refractivity (Wildman–Crippen MR) is 71.6 cm³/mol. The number of benzene rings is 1. The maximum absolute atomic E-state index is 10.8. The molecular formula is C10H5Cl2NO2S2. The summed E-state index contributed by atoms with van der Waals surface area (Å²) in [4.78, 5) is 11.1. The van der Waals surface area contributed by atoms with E-state index in [9.17, 15) is 10.1 Å². The van der Waals surface area contributed by atoms with Crippen molar-refractivity contribution in [3.05, 3.63) is 49.8 Å². The van der Waals surface area contributed by atoms with E-state index in [0.717, 1.165) is 0 Å². The fraction of sp³-hybridized carbons (Fsp3) is 0. The van der Waals surface area contributed by atoms with Crippen molar-refractivity contribution in [3.8, 4) is 0 Å². The Hall–Kier alpha value is -0.750. The molecule has 3 nitrogen and oxygen atoms in total. The summed E-state index contributed by atoms with van der Waals surface area (Å²) in [5.74, 6) is 0. The zero-order chi connectivity index (χ0) is 12.4. The van der Waals surface area contributed by atoms with Gasteiger partial charge in [-0.2, -0.15) is 0 Å². The molecule has 2 aromatic rings. The number of nitrogens with zero attached hydrogens (tertiary/aromatic N) is 1. The molecule has 0 aliphatic carbocycles. The van der Waals surface area contributed by atoms with Gasteiger partial charge in [0.05, 0.1) is 15.0 Å². The highest BCUT2D eigenvalue weighted by Gasteiger charge is 2.17. The van der Waals surface area contributed by atoms with Crippen LogP contribution in [0.1, 0.15) is 0 Å². The number of nitro groups is 1. The highest BCUT2D eigenvalue weighted by Crippen LogP contribution is 2.43. The smallest absolute Gasteiger partial charge is 0.258 e. The second-order valence-electron chi connectivity index (χ2n) is 3.00. The molecule has 7 heteroatoms. The molecule has 1 aromatic heterocycles. The van der Waals surface area contributed by atoms with Gasteiger partial charge in [0.15, 0.2) is 0 Å². The van der Waals surface area contributed by atoms with Crippen LogP contribution in [0.4, 0.5) is 5.69 Å². The largest absolute Gasteiger partial charge is 0.294 e. The lowest BCUT2D eigenvalue weighted by Crippen LogP contribution is -1.86. The number of rotatable bonds is 3. The van der Waals surface area contributed by atoms with Crippen LogP contribution < -0.4 is 0 Å². The standard InChI is InChI=1S/C10H5Cl2NO2S2/c11-6-2-1-3-8(9(6)12)17-10-7(13(14)15)4-5-16-10/h1-5H. The monoisotopic (exact) mass is 305 g/mol. The Labute approximate surface area is 116 Å². The normalized spacial score (nSPS) is 10.5. The molecule has 0 fully saturated rings. The predicted octanol–water partition coefficient (Wildman–Crippen LogP) is 5.11. The van der Waals surface area contributed by atoms with Crippen LogP contribution in [0.15, 0.2) is 38.8 Å². The number of thiophene rings is 1. The van der Waals surface area contributed by atoms with Gasteiger partial charge in [-0.05, 0) is 17.5 Å². The lowest BCUT2D eigenvalue weighted by molar-refractivity contribution is -0.387. The van der Waals surface area contributed by atoms with Gasteiger partial charge in [0.25, 0.3) is 5.69 Å². The van der Waals surface area contributed by atoms with Gasteiger partial charge in [-0.3, -0.25) is 10.1 Å². The fourth-order valence-corrected chi connectivity index (χ4v) is 3.64. The van der Waals surface area contributed by atoms with Gasteiger partial charge < -0.3 is 0 Å². The van der Waals surface area contributed by atoms with Crippen molar-refractivity contribution in [3.63, 3.8) is 0 Å². The summed E-state index contributed by atoms with van der Waals surface area (Å²) in [6.07, 6.45) is 0. The van der Waals surface area contributed by atoms with E-state index >= 15 is 0 Å². The third kappa shape index (κ3) is 2.74. The topological polar surface area (TPSA) is 43.1 Å². The molecule has 0 aliphatic heterocycles. The average Bonchev–Trinajstić information content (AvgIpc) is 2.73. The summed E-state index contributed by atoms with van der Waals surface area (Å²) < 4.78 is 0.596. The summed E-state index contributed by atoms with van der Waals surface area (Å²) in [7, 11) is 0. The molecule has 2 rings (SSSR count). The van der Waals surface area contributed by atoms with E-state index in [4.69, 9.17) is 23.2 Å². The molecule has 0 spiro atoms. The average molecular weight is 306 g/mol. The minimum absolute atomic E-state index is 0.0936. The second-order valence-corrected chi connectivity index (χ2v) is 6.02. The zero-order valence-electron chi connectivity index (χ0n) is 8.22. The third-order valence-electron chi connectivity index (χ3n) is 1.93. The molecule has 0 N–H and O–H groups in total. The maximum Gasteiger partial charge on any atom is 0.294 e. The van der Waals surface area contributed by atoms with E-state index in [1.165, 1.54) is 29.2 Å². The van der Waals surface area contributed by atoms with Gasteiger partial charge in [0, 0.05) is 11.0 Å². The summed E-state index contributed by atoms with van der Waals surface area (Å²) in [5, 5.41) is 13.3. The van der Waals surface area contributed by atoms with Crippen molar-refractivity contribution in [2.75, 3.05) is 0 Å². The van der Waals surface area contributed by atoms with Crippen molar-refractivity contribution >= 4 is 52.0 Å². The van der Waals surface area contributed by atoms with E-state index in [-0.39, 0.29) is 5.69 Å². The Kier molecular flexibility index (Phi) is 3.93. The van der Waals surface area contributed by atoms with Crippen molar-refractivity contribution in [2.45, 2.75) is 9.10 Å². The molecule has 0 aliphatic rings. The van der Waals surface area contributed by atoms with E-state index in [1.54, 1.807) is 23.6 Å². The Morgan fingerprint density at radius 1 is 1.29 bits per heavy atom. The Bertz CT molecular complexity index is 571. The second kappa shape index (κ2) is 5.27. The first-order valence-electron chi connectivity index (χ1n) is 4.43. The van der Waals surface area contributed by atoms with E-state index < -0.39 is 4.92 Å². The lowest BCUT2D eigenvalue weighted by Gasteiger charge is -2.03. The van der Waals surface area contributed by atoms with Crippen LogP contribution in [-0.4, -0.2) is 4.92 Å². The minimum Gasteiger partial charge on any atom is -0.258 e. The van der Waals surface area contributed by atoms with Crippen molar-refractivity contribution in [1.29, 1.82) is 0 Å². The molecule has 0 saturated carbocycles. The SMILES string of the molecule is O=[N+]([O-])c1ccsc1Sc1cccc(Cl)c1Cl. The van der Waals surface area contributed by atoms with Gasteiger partial charge in [0.1, 0.15) is 4.21 Å². The summed E-state index contributed by atoms with van der Waals surface area (Å²) >= 11 is 14.5. The molecular weight excluding hydrogens is 301 g/mol. The van der Waals surface area contributed by atoms with Gasteiger partial charge in [-0.25, -0.2) is 0 Å². The highest BCUT2D eigenvalue weighted by molar-refractivity contribution is 8.01. The van der Waals surface area contributed by atoms with Gasteiger partial charge >= 0.3 is 0 Å². The molecule has 1 aromatic carbocycles. The Balaban J connectivity index is 2.35. The van der Waals surface area contributed by atoms with E-state index in [0.29, 0.717) is 19.1 Å². The van der Waals surface area contributed by atoms with Crippen LogP contribution in [0, 0.1) is 10.1 Å². The van der Waals surface area contributed by atoms with Crippen molar-refractivity contribution in [1.82, 2.24) is 0 Å². The van der Waals surface area contributed by atoms with Crippen LogP contribution in [0.25, 0.3) is 0 Å². The quantitative estimate of drug-likeness (QED) is 0.584. The molecule has 0 unspecified atom stereocenters. The van der Waals surface area contributed by atoms with E-state index in [2.05, 4.69) is 0 Å². The third-order valence-corrected chi connectivity index (χ3v) is 5.05. The summed E-state index contributed by atoms with van der Waals surface area (Å²) in [6.45, 7) is 0. The van der Waals surface area contributed by atoms with Crippen LogP contribution in [0.2, 0.25) is 10.0 Å². The molecule has 88 valence electrons. The Morgan fingerprint density at radius 3 is 2.76 bits per heavy atom. The molecule has 0 saturated heterocycles. The van der Waals surface area contributed by atoms with Crippen molar-refractivity contribution in [2.24, 2.45) is 0 Å². The number of hydrogen-bond acceptors (Lipinski definition) is 4. The first-order chi connectivity index (χ1) is 8.09. The molecule has 0 radical (unpaired) electrons. The lowest BCUT2D eigenvalue weighted by atomic mass is 10.4. The summed E-state index contributed by atoms with van der Waals surface area (Å²) in [5.41, 5.74) is 0.0936. The van der Waals surface area contributed by atoms with Crippen LogP contribution in [0.3, 0.4) is 0 Å².